The number of para-hydroxylation sites is 2. The van der Waals surface area contributed by atoms with Crippen LogP contribution in [0.3, 0.4) is 0 Å². The van der Waals surface area contributed by atoms with Crippen molar-refractivity contribution in [3.63, 3.8) is 0 Å². The van der Waals surface area contributed by atoms with E-state index in [0.717, 1.165) is 11.5 Å². The number of nitrogens with zero attached hydrogens (tertiary/aromatic N) is 3. The molecule has 0 fully saturated rings. The summed E-state index contributed by atoms with van der Waals surface area (Å²) in [7, 11) is 1.57. The number of halogens is 1. The largest absolute Gasteiger partial charge is 0.495 e. The molecule has 26 heavy (non-hydrogen) atoms. The normalized spacial score (nSPS) is 10.6. The van der Waals surface area contributed by atoms with Crippen LogP contribution in [-0.2, 0) is 4.79 Å². The number of rotatable bonds is 6. The number of ether oxygens (including phenoxy) is 1. The highest BCUT2D eigenvalue weighted by Gasteiger charge is 2.14. The van der Waals surface area contributed by atoms with Crippen LogP contribution in [0.15, 0.2) is 53.7 Å². The highest BCUT2D eigenvalue weighted by atomic mass is 35.5. The maximum absolute atomic E-state index is 12.3. The summed E-state index contributed by atoms with van der Waals surface area (Å²) in [6, 6.07) is 14.7. The fourth-order valence-electron chi connectivity index (χ4n) is 2.39. The maximum Gasteiger partial charge on any atom is 0.234 e. The van der Waals surface area contributed by atoms with E-state index in [2.05, 4.69) is 15.5 Å². The quantitative estimate of drug-likeness (QED) is 0.647. The van der Waals surface area contributed by atoms with Crippen LogP contribution >= 0.6 is 23.4 Å². The van der Waals surface area contributed by atoms with Crippen LogP contribution in [0.1, 0.15) is 5.82 Å². The lowest BCUT2D eigenvalue weighted by atomic mass is 10.3. The molecule has 0 atom stereocenters. The molecule has 1 amide bonds. The minimum absolute atomic E-state index is 0.150. The van der Waals surface area contributed by atoms with Gasteiger partial charge in [-0.25, -0.2) is 0 Å². The number of nitrogens with one attached hydrogen (secondary N) is 1. The van der Waals surface area contributed by atoms with E-state index in [1.807, 2.05) is 35.8 Å². The predicted molar refractivity (Wildman–Crippen MR) is 103 cm³/mol. The molecular formula is C18H17ClN4O2S. The Kier molecular flexibility index (Phi) is 5.80. The van der Waals surface area contributed by atoms with Gasteiger partial charge in [-0.15, -0.1) is 10.2 Å². The maximum atomic E-state index is 12.3. The van der Waals surface area contributed by atoms with Crippen molar-refractivity contribution in [3.05, 3.63) is 59.4 Å². The lowest BCUT2D eigenvalue weighted by Crippen LogP contribution is -2.15. The Morgan fingerprint density at radius 3 is 2.65 bits per heavy atom. The van der Waals surface area contributed by atoms with E-state index < -0.39 is 0 Å². The van der Waals surface area contributed by atoms with Gasteiger partial charge in [-0.1, -0.05) is 35.5 Å². The standard InChI is InChI=1S/C18H17ClN4O2S/c1-12-21-22-18(23(12)14-9-7-13(19)8-10-14)26-11-17(24)20-15-5-3-4-6-16(15)25-2/h3-10H,11H2,1-2H3,(H,20,24). The third-order valence-electron chi connectivity index (χ3n) is 3.59. The van der Waals surface area contributed by atoms with Crippen molar-refractivity contribution in [1.82, 2.24) is 14.8 Å². The summed E-state index contributed by atoms with van der Waals surface area (Å²) in [4.78, 5) is 12.3. The number of carbonyl (C=O) groups excluding carboxylic acids is 1. The number of benzene rings is 2. The summed E-state index contributed by atoms with van der Waals surface area (Å²) < 4.78 is 7.13. The number of carbonyl (C=O) groups is 1. The van der Waals surface area contributed by atoms with Gasteiger partial charge in [0.15, 0.2) is 5.16 Å². The van der Waals surface area contributed by atoms with Crippen molar-refractivity contribution < 1.29 is 9.53 Å². The molecule has 8 heteroatoms. The smallest absolute Gasteiger partial charge is 0.234 e. The number of methoxy groups -OCH3 is 1. The average molecular weight is 389 g/mol. The molecule has 0 radical (unpaired) electrons. The first-order chi connectivity index (χ1) is 12.6. The zero-order valence-electron chi connectivity index (χ0n) is 14.3. The predicted octanol–water partition coefficient (Wildman–Crippen LogP) is 3.97. The molecule has 0 bridgehead atoms. The Morgan fingerprint density at radius 1 is 1.19 bits per heavy atom. The first-order valence-corrected chi connectivity index (χ1v) is 9.18. The van der Waals surface area contributed by atoms with Crippen LogP contribution in [0.4, 0.5) is 5.69 Å². The Hall–Kier alpha value is -2.51. The van der Waals surface area contributed by atoms with Gasteiger partial charge in [-0.3, -0.25) is 9.36 Å². The first-order valence-electron chi connectivity index (χ1n) is 7.82. The van der Waals surface area contributed by atoms with Gasteiger partial charge in [-0.2, -0.15) is 0 Å². The average Bonchev–Trinajstić information content (AvgIpc) is 3.02. The second-order valence-electron chi connectivity index (χ2n) is 5.38. The van der Waals surface area contributed by atoms with Gasteiger partial charge in [0.05, 0.1) is 18.6 Å². The fourth-order valence-corrected chi connectivity index (χ4v) is 3.31. The minimum Gasteiger partial charge on any atom is -0.495 e. The Bertz CT molecular complexity index is 912. The van der Waals surface area contributed by atoms with E-state index in [0.29, 0.717) is 21.6 Å². The molecule has 134 valence electrons. The molecule has 1 aromatic heterocycles. The van der Waals surface area contributed by atoms with Crippen LogP contribution in [0.5, 0.6) is 5.75 Å². The molecule has 3 aromatic rings. The third kappa shape index (κ3) is 4.17. The number of hydrogen-bond acceptors (Lipinski definition) is 5. The fraction of sp³-hybridized carbons (Fsp3) is 0.167. The number of amides is 1. The molecule has 1 N–H and O–H groups in total. The summed E-state index contributed by atoms with van der Waals surface area (Å²) >= 11 is 7.26. The monoisotopic (exact) mass is 388 g/mol. The van der Waals surface area contributed by atoms with E-state index in [1.165, 1.54) is 11.8 Å². The molecule has 6 nitrogen and oxygen atoms in total. The van der Waals surface area contributed by atoms with Crippen LogP contribution in [0, 0.1) is 6.92 Å². The van der Waals surface area contributed by atoms with Gasteiger partial charge < -0.3 is 10.1 Å². The molecular weight excluding hydrogens is 372 g/mol. The topological polar surface area (TPSA) is 69.0 Å². The molecule has 0 aliphatic heterocycles. The van der Waals surface area contributed by atoms with E-state index in [1.54, 1.807) is 31.4 Å². The number of aromatic nitrogens is 3. The number of hydrogen-bond donors (Lipinski definition) is 1. The Labute approximate surface area is 160 Å². The Balaban J connectivity index is 1.70. The number of thioether (sulfide) groups is 1. The van der Waals surface area contributed by atoms with E-state index in [9.17, 15) is 4.79 Å². The second kappa shape index (κ2) is 8.25. The first kappa shape index (κ1) is 18.3. The van der Waals surface area contributed by atoms with Gasteiger partial charge in [0.1, 0.15) is 11.6 Å². The lowest BCUT2D eigenvalue weighted by Gasteiger charge is -2.10. The molecule has 0 saturated carbocycles. The van der Waals surface area contributed by atoms with Crippen molar-refractivity contribution in [3.8, 4) is 11.4 Å². The number of aryl methyl sites for hydroxylation is 1. The van der Waals surface area contributed by atoms with E-state index in [-0.39, 0.29) is 11.7 Å². The minimum atomic E-state index is -0.150. The van der Waals surface area contributed by atoms with Gasteiger partial charge >= 0.3 is 0 Å². The van der Waals surface area contributed by atoms with Crippen LogP contribution in [0.2, 0.25) is 5.02 Å². The molecule has 0 unspecified atom stereocenters. The van der Waals surface area contributed by atoms with Gasteiger partial charge in [0.25, 0.3) is 0 Å². The lowest BCUT2D eigenvalue weighted by molar-refractivity contribution is -0.113. The SMILES string of the molecule is COc1ccccc1NC(=O)CSc1nnc(C)n1-c1ccc(Cl)cc1. The van der Waals surface area contributed by atoms with Gasteiger partial charge in [-0.05, 0) is 43.3 Å². The van der Waals surface area contributed by atoms with Crippen LogP contribution < -0.4 is 10.1 Å². The zero-order chi connectivity index (χ0) is 18.5. The van der Waals surface area contributed by atoms with Crippen molar-refractivity contribution in [2.24, 2.45) is 0 Å². The summed E-state index contributed by atoms with van der Waals surface area (Å²) in [6.45, 7) is 1.86. The molecule has 0 aliphatic carbocycles. The third-order valence-corrected chi connectivity index (χ3v) is 4.77. The molecule has 1 heterocycles. The van der Waals surface area contributed by atoms with E-state index >= 15 is 0 Å². The zero-order valence-corrected chi connectivity index (χ0v) is 15.8. The van der Waals surface area contributed by atoms with Crippen molar-refractivity contribution in [1.29, 1.82) is 0 Å². The highest BCUT2D eigenvalue weighted by Crippen LogP contribution is 2.25. The molecule has 0 aliphatic rings. The van der Waals surface area contributed by atoms with Crippen LogP contribution in [0.25, 0.3) is 5.69 Å². The Morgan fingerprint density at radius 2 is 1.92 bits per heavy atom. The molecule has 3 rings (SSSR count). The molecule has 0 saturated heterocycles. The van der Waals surface area contributed by atoms with Crippen molar-refractivity contribution in [2.75, 3.05) is 18.2 Å². The second-order valence-corrected chi connectivity index (χ2v) is 6.76. The summed E-state index contributed by atoms with van der Waals surface area (Å²) in [5.41, 5.74) is 1.53. The highest BCUT2D eigenvalue weighted by molar-refractivity contribution is 7.99. The summed E-state index contributed by atoms with van der Waals surface area (Å²) in [6.07, 6.45) is 0. The summed E-state index contributed by atoms with van der Waals surface area (Å²) in [5, 5.41) is 12.4. The van der Waals surface area contributed by atoms with Crippen molar-refractivity contribution in [2.45, 2.75) is 12.1 Å². The van der Waals surface area contributed by atoms with Crippen molar-refractivity contribution >= 4 is 35.0 Å². The van der Waals surface area contributed by atoms with Gasteiger partial charge in [0.2, 0.25) is 5.91 Å². The van der Waals surface area contributed by atoms with Crippen LogP contribution in [-0.4, -0.2) is 33.5 Å². The summed E-state index contributed by atoms with van der Waals surface area (Å²) in [5.74, 6) is 1.40. The number of anilines is 1. The molecule has 0 spiro atoms. The van der Waals surface area contributed by atoms with E-state index in [4.69, 9.17) is 16.3 Å². The van der Waals surface area contributed by atoms with Gasteiger partial charge in [0, 0.05) is 10.7 Å². The molecule has 2 aromatic carbocycles.